The van der Waals surface area contributed by atoms with Gasteiger partial charge in [-0.05, 0) is 25.3 Å². The zero-order chi connectivity index (χ0) is 31.7. The van der Waals surface area contributed by atoms with Crippen LogP contribution in [0, 0.1) is 0 Å². The van der Waals surface area contributed by atoms with Crippen LogP contribution in [-0.2, 0) is 69.2 Å². The van der Waals surface area contributed by atoms with E-state index < -0.39 is 80.9 Å². The van der Waals surface area contributed by atoms with Crippen molar-refractivity contribution >= 4 is 43.0 Å². The van der Waals surface area contributed by atoms with Crippen LogP contribution in [0.3, 0.4) is 0 Å². The van der Waals surface area contributed by atoms with Crippen molar-refractivity contribution in [2.24, 2.45) is 0 Å². The molecule has 0 spiro atoms. The van der Waals surface area contributed by atoms with Crippen molar-refractivity contribution in [1.82, 2.24) is 10.2 Å². The van der Waals surface area contributed by atoms with Gasteiger partial charge in [-0.15, -0.1) is 0 Å². The fraction of sp³-hybridized carbons (Fsp3) is 0.619. The van der Waals surface area contributed by atoms with Crippen LogP contribution in [0.1, 0.15) is 25.3 Å². The first kappa shape index (κ1) is 47.8. The summed E-state index contributed by atoms with van der Waals surface area (Å²) in [4.78, 5) is 26.5. The van der Waals surface area contributed by atoms with Gasteiger partial charge in [0.15, 0.2) is 12.4 Å². The van der Waals surface area contributed by atoms with E-state index in [0.717, 1.165) is 12.7 Å². The summed E-state index contributed by atoms with van der Waals surface area (Å²) in [6.07, 6.45) is -10.1. The van der Waals surface area contributed by atoms with Gasteiger partial charge in [-0.1, -0.05) is 30.3 Å². The molecule has 18 nitrogen and oxygen atoms in total. The summed E-state index contributed by atoms with van der Waals surface area (Å²) >= 11 is 0. The van der Waals surface area contributed by atoms with E-state index in [4.69, 9.17) is 9.47 Å². The molecule has 0 saturated carbocycles. The minimum atomic E-state index is -5.79. The van der Waals surface area contributed by atoms with E-state index in [1.807, 2.05) is 30.3 Å². The molecule has 0 aliphatic carbocycles. The number of amides is 2. The Morgan fingerprint density at radius 1 is 0.867 bits per heavy atom. The summed E-state index contributed by atoms with van der Waals surface area (Å²) in [6, 6.07) is 9.39. The van der Waals surface area contributed by atoms with Crippen molar-refractivity contribution in [3.05, 3.63) is 35.9 Å². The van der Waals surface area contributed by atoms with Gasteiger partial charge in [0.1, 0.15) is 18.3 Å². The second-order valence-corrected chi connectivity index (χ2v) is 11.8. The maximum absolute atomic E-state index is 12.6. The summed E-state index contributed by atoms with van der Waals surface area (Å²) in [5.74, 6) is -1.16. The molecule has 240 valence electrons. The molecule has 24 heteroatoms. The minimum absolute atomic E-state index is 0. The molecular weight excluding hydrogens is 701 g/mol. The number of methoxy groups -OCH3 is 1. The van der Waals surface area contributed by atoms with Gasteiger partial charge in [0.25, 0.3) is 0 Å². The van der Waals surface area contributed by atoms with Crippen LogP contribution in [0.25, 0.3) is 0 Å². The normalized spacial score (nSPS) is 21.8. The monoisotopic (exact) mass is 730 g/mol. The largest absolute Gasteiger partial charge is 1.00 e. The van der Waals surface area contributed by atoms with Crippen LogP contribution >= 0.6 is 0 Å². The topological polar surface area (TPSA) is 267 Å². The molecule has 45 heavy (non-hydrogen) atoms. The van der Waals surface area contributed by atoms with E-state index in [9.17, 15) is 48.5 Å². The van der Waals surface area contributed by atoms with E-state index in [1.165, 1.54) is 4.90 Å². The number of carbonyl (C=O) groups is 2. The molecule has 2 rings (SSSR count). The molecule has 1 aliphatic heterocycles. The maximum atomic E-state index is 12.6. The first-order valence-electron chi connectivity index (χ1n) is 12.1. The van der Waals surface area contributed by atoms with Crippen molar-refractivity contribution in [2.75, 3.05) is 26.7 Å². The molecule has 1 N–H and O–H groups in total. The molecule has 5 atom stereocenters. The van der Waals surface area contributed by atoms with Crippen LogP contribution in [0.2, 0.25) is 0 Å². The number of benzene rings is 1. The summed E-state index contributed by atoms with van der Waals surface area (Å²) < 4.78 is 124. The summed E-state index contributed by atoms with van der Waals surface area (Å²) in [7, 11) is -16.3. The molecule has 0 bridgehead atoms. The number of likely N-dealkylation sites (N-methyl/N-ethyl adjacent to an activating group) is 1. The number of carbonyl (C=O) groups excluding carboxylic acids is 2. The van der Waals surface area contributed by atoms with Crippen molar-refractivity contribution < 1.29 is 159 Å². The van der Waals surface area contributed by atoms with Crippen LogP contribution in [0.15, 0.2) is 30.3 Å². The molecule has 0 aromatic heterocycles. The van der Waals surface area contributed by atoms with Crippen LogP contribution in [0.4, 0.5) is 0 Å². The van der Waals surface area contributed by atoms with Gasteiger partial charge >= 0.3 is 88.7 Å². The molecule has 1 heterocycles. The molecule has 1 aromatic rings. The van der Waals surface area contributed by atoms with E-state index in [2.05, 4.69) is 17.9 Å². The quantitative estimate of drug-likeness (QED) is 0.0940. The Morgan fingerprint density at radius 2 is 1.38 bits per heavy atom. The van der Waals surface area contributed by atoms with E-state index in [0.29, 0.717) is 12.8 Å². The minimum Gasteiger partial charge on any atom is -0.726 e. The summed E-state index contributed by atoms with van der Waals surface area (Å²) in [5.41, 5.74) is 1.03. The summed E-state index contributed by atoms with van der Waals surface area (Å²) in [5, 5.41) is 2.27. The van der Waals surface area contributed by atoms with Gasteiger partial charge in [0, 0.05) is 26.6 Å². The zero-order valence-electron chi connectivity index (χ0n) is 25.2. The number of aryl methyl sites for hydroxylation is 1. The smallest absolute Gasteiger partial charge is 0.726 e. The Balaban J connectivity index is 0. The van der Waals surface area contributed by atoms with Gasteiger partial charge in [0.2, 0.25) is 43.0 Å². The molecule has 0 radical (unpaired) electrons. The first-order chi connectivity index (χ1) is 19.4. The SMILES string of the molecule is CCN(CC(=O)NC[C@H]1O[C@H](OC)[C@@H](OS(=O)(=O)[O-])[C@@H](OS(=O)(=O)[O-])[C@@H]1OS(=O)(=O)[O-])C(=O)CCCc1ccccc1.[Na+].[Na+].[Na+]. The molecular formula is C21H29N2Na3O16S3. The molecule has 1 aliphatic rings. The third kappa shape index (κ3) is 18.3. The van der Waals surface area contributed by atoms with Crippen LogP contribution in [0.5, 0.6) is 0 Å². The average Bonchev–Trinajstić information content (AvgIpc) is 2.87. The standard InChI is InChI=1S/C21H32N2O16S3.3Na/c1-3-23(17(25)11-7-10-14-8-5-4-6-9-14)13-16(24)22-12-15-18(37-40(26,27)28)19(38-41(29,30)31)20(21(35-2)36-15)39-42(32,33)34;;;/h4-6,8-9,15,18-21H,3,7,10-13H2,1-2H3,(H,22,24)(H,26,27,28)(H,29,30,31)(H,32,33,34);;;/q;3*+1/p-3/t15-,18-,19+,20+,21+;;;/m1.../s1. The predicted octanol–water partition coefficient (Wildman–Crippen LogP) is -11.1. The number of ether oxygens (including phenoxy) is 2. The van der Waals surface area contributed by atoms with E-state index >= 15 is 0 Å². The zero-order valence-corrected chi connectivity index (χ0v) is 33.7. The second-order valence-electron chi connectivity index (χ2n) is 8.74. The van der Waals surface area contributed by atoms with E-state index in [1.54, 1.807) is 6.92 Å². The predicted molar refractivity (Wildman–Crippen MR) is 134 cm³/mol. The van der Waals surface area contributed by atoms with Gasteiger partial charge in [0.05, 0.1) is 6.54 Å². The number of hydrogen-bond acceptors (Lipinski definition) is 16. The van der Waals surface area contributed by atoms with Crippen molar-refractivity contribution in [2.45, 2.75) is 56.9 Å². The van der Waals surface area contributed by atoms with Gasteiger partial charge in [-0.3, -0.25) is 22.1 Å². The fourth-order valence-electron chi connectivity index (χ4n) is 4.04. The Hall–Kier alpha value is 0.690. The second kappa shape index (κ2) is 21.7. The number of nitrogens with one attached hydrogen (secondary N) is 1. The fourth-order valence-corrected chi connectivity index (χ4v) is 5.50. The third-order valence-electron chi connectivity index (χ3n) is 5.78. The number of hydrogen-bond donors (Lipinski definition) is 1. The van der Waals surface area contributed by atoms with Gasteiger partial charge in [-0.2, -0.15) is 0 Å². The van der Waals surface area contributed by atoms with Gasteiger partial charge in [-0.25, -0.2) is 25.3 Å². The van der Waals surface area contributed by atoms with Gasteiger partial charge < -0.3 is 33.3 Å². The van der Waals surface area contributed by atoms with Crippen molar-refractivity contribution in [3.8, 4) is 0 Å². The molecule has 2 amide bonds. The van der Waals surface area contributed by atoms with E-state index in [-0.39, 0.29) is 108 Å². The van der Waals surface area contributed by atoms with Crippen molar-refractivity contribution in [3.63, 3.8) is 0 Å². The number of rotatable bonds is 16. The van der Waals surface area contributed by atoms with Crippen LogP contribution in [-0.4, -0.2) is 113 Å². The average molecular weight is 731 g/mol. The summed E-state index contributed by atoms with van der Waals surface area (Å²) in [6.45, 7) is 0.521. The third-order valence-corrected chi connectivity index (χ3v) is 7.15. The molecule has 1 saturated heterocycles. The van der Waals surface area contributed by atoms with Crippen molar-refractivity contribution in [1.29, 1.82) is 0 Å². The Bertz CT molecular complexity index is 1390. The molecule has 0 unspecified atom stereocenters. The molecule has 1 aromatic carbocycles. The maximum Gasteiger partial charge on any atom is 1.00 e. The first-order valence-corrected chi connectivity index (χ1v) is 16.1. The number of nitrogens with zero attached hydrogens (tertiary/aromatic N) is 1. The Kier molecular flexibility index (Phi) is 23.1. The molecule has 1 fully saturated rings. The van der Waals surface area contributed by atoms with Crippen LogP contribution < -0.4 is 94.0 Å². The Labute approximate surface area is 328 Å². The Morgan fingerprint density at radius 3 is 1.87 bits per heavy atom.